The molecule has 0 aromatic heterocycles. The van der Waals surface area contributed by atoms with Gasteiger partial charge in [-0.15, -0.1) is 0 Å². The van der Waals surface area contributed by atoms with E-state index in [0.717, 1.165) is 37.1 Å². The number of carbonyl (C=O) groups excluding carboxylic acids is 1. The van der Waals surface area contributed by atoms with Crippen molar-refractivity contribution in [1.29, 1.82) is 0 Å². The number of anilines is 1. The number of carbonyl (C=O) groups is 1. The summed E-state index contributed by atoms with van der Waals surface area (Å²) in [4.78, 5) is 14.3. The maximum absolute atomic E-state index is 12.3. The molecule has 18 heavy (non-hydrogen) atoms. The van der Waals surface area contributed by atoms with Gasteiger partial charge in [0.25, 0.3) is 0 Å². The van der Waals surface area contributed by atoms with Gasteiger partial charge in [-0.3, -0.25) is 4.79 Å². The molecule has 3 nitrogen and oxygen atoms in total. The molecule has 1 amide bonds. The molecule has 2 fully saturated rings. The summed E-state index contributed by atoms with van der Waals surface area (Å²) >= 11 is 1.87. The molecule has 0 bridgehead atoms. The van der Waals surface area contributed by atoms with Gasteiger partial charge in [-0.05, 0) is 56.4 Å². The van der Waals surface area contributed by atoms with Gasteiger partial charge in [0.15, 0.2) is 23.0 Å². The van der Waals surface area contributed by atoms with Crippen molar-refractivity contribution >= 4 is 34.6 Å². The lowest BCUT2D eigenvalue weighted by atomic mass is 9.69. The standard InChI is InChI=1S/C14H16INO2/c15-18-12-6-4-11(5-7-12)16-13(17)3-1-8-14(16)9-2-10-14/h4-7H,1-3,8-10H2. The smallest absolute Gasteiger partial charge is 0.227 e. The Balaban J connectivity index is 1.93. The number of halogens is 1. The molecular weight excluding hydrogens is 341 g/mol. The molecule has 96 valence electrons. The molecule has 1 aliphatic heterocycles. The lowest BCUT2D eigenvalue weighted by molar-refractivity contribution is -0.122. The van der Waals surface area contributed by atoms with Crippen LogP contribution in [0.5, 0.6) is 5.75 Å². The van der Waals surface area contributed by atoms with E-state index in [4.69, 9.17) is 3.07 Å². The van der Waals surface area contributed by atoms with E-state index in [2.05, 4.69) is 4.90 Å². The number of amides is 1. The minimum atomic E-state index is 0.127. The summed E-state index contributed by atoms with van der Waals surface area (Å²) in [6.07, 6.45) is 6.45. The molecule has 0 atom stereocenters. The van der Waals surface area contributed by atoms with Crippen molar-refractivity contribution in [3.8, 4) is 5.75 Å². The molecule has 1 aliphatic carbocycles. The number of hydrogen-bond acceptors (Lipinski definition) is 2. The van der Waals surface area contributed by atoms with Crippen molar-refractivity contribution in [1.82, 2.24) is 0 Å². The van der Waals surface area contributed by atoms with Gasteiger partial charge in [0, 0.05) is 17.6 Å². The molecule has 0 radical (unpaired) electrons. The van der Waals surface area contributed by atoms with Crippen LogP contribution in [0.3, 0.4) is 0 Å². The highest BCUT2D eigenvalue weighted by Crippen LogP contribution is 2.46. The number of rotatable bonds is 2. The highest BCUT2D eigenvalue weighted by molar-refractivity contribution is 14.1. The van der Waals surface area contributed by atoms with Crippen LogP contribution in [0.4, 0.5) is 5.69 Å². The SMILES string of the molecule is O=C1CCCC2(CCC2)N1c1ccc(OI)cc1. The highest BCUT2D eigenvalue weighted by Gasteiger charge is 2.47. The van der Waals surface area contributed by atoms with Crippen molar-refractivity contribution in [2.75, 3.05) is 4.90 Å². The van der Waals surface area contributed by atoms with Crippen LogP contribution in [0.2, 0.25) is 0 Å². The quantitative estimate of drug-likeness (QED) is 0.753. The Labute approximate surface area is 121 Å². The van der Waals surface area contributed by atoms with Crippen LogP contribution in [0.25, 0.3) is 0 Å². The summed E-state index contributed by atoms with van der Waals surface area (Å²) in [5.74, 6) is 1.11. The molecule has 2 aliphatic rings. The second kappa shape index (κ2) is 4.72. The molecule has 4 heteroatoms. The molecule has 1 aromatic carbocycles. The summed E-state index contributed by atoms with van der Waals surface area (Å²) in [6, 6.07) is 7.85. The zero-order valence-corrected chi connectivity index (χ0v) is 12.4. The number of nitrogens with zero attached hydrogens (tertiary/aromatic N) is 1. The summed E-state index contributed by atoms with van der Waals surface area (Å²) < 4.78 is 5.14. The van der Waals surface area contributed by atoms with E-state index in [0.29, 0.717) is 6.42 Å². The van der Waals surface area contributed by atoms with Crippen LogP contribution < -0.4 is 7.97 Å². The average Bonchev–Trinajstić information content (AvgIpc) is 2.37. The van der Waals surface area contributed by atoms with Gasteiger partial charge in [0.05, 0.1) is 0 Å². The third-order valence-electron chi connectivity index (χ3n) is 4.22. The van der Waals surface area contributed by atoms with Crippen LogP contribution >= 0.6 is 23.0 Å². The van der Waals surface area contributed by atoms with Crippen molar-refractivity contribution in [2.45, 2.75) is 44.1 Å². The molecule has 0 N–H and O–H groups in total. The molecule has 3 rings (SSSR count). The van der Waals surface area contributed by atoms with Crippen molar-refractivity contribution in [3.63, 3.8) is 0 Å². The van der Waals surface area contributed by atoms with E-state index in [1.807, 2.05) is 47.3 Å². The van der Waals surface area contributed by atoms with Gasteiger partial charge >= 0.3 is 0 Å². The maximum Gasteiger partial charge on any atom is 0.227 e. The third kappa shape index (κ3) is 1.90. The largest absolute Gasteiger partial charge is 0.428 e. The predicted molar refractivity (Wildman–Crippen MR) is 79.0 cm³/mol. The number of benzene rings is 1. The minimum Gasteiger partial charge on any atom is -0.428 e. The van der Waals surface area contributed by atoms with Crippen molar-refractivity contribution in [3.05, 3.63) is 24.3 Å². The second-order valence-corrected chi connectivity index (χ2v) is 5.67. The lowest BCUT2D eigenvalue weighted by Crippen LogP contribution is -2.59. The Hall–Kier alpha value is -0.780. The molecule has 1 spiro atoms. The van der Waals surface area contributed by atoms with Gasteiger partial charge in [0.2, 0.25) is 5.91 Å². The normalized spacial score (nSPS) is 21.8. The van der Waals surface area contributed by atoms with E-state index in [-0.39, 0.29) is 11.4 Å². The minimum absolute atomic E-state index is 0.127. The Morgan fingerprint density at radius 2 is 1.78 bits per heavy atom. The first-order valence-electron chi connectivity index (χ1n) is 6.47. The van der Waals surface area contributed by atoms with Crippen LogP contribution in [-0.2, 0) is 4.79 Å². The second-order valence-electron chi connectivity index (χ2n) is 5.23. The van der Waals surface area contributed by atoms with Crippen molar-refractivity contribution in [2.24, 2.45) is 0 Å². The molecule has 1 saturated heterocycles. The van der Waals surface area contributed by atoms with Gasteiger partial charge in [0.1, 0.15) is 5.75 Å². The van der Waals surface area contributed by atoms with Crippen LogP contribution in [-0.4, -0.2) is 11.4 Å². The van der Waals surface area contributed by atoms with E-state index in [1.165, 1.54) is 6.42 Å². The highest BCUT2D eigenvalue weighted by atomic mass is 127. The molecular formula is C14H16INO2. The predicted octanol–water partition coefficient (Wildman–Crippen LogP) is 3.86. The maximum atomic E-state index is 12.3. The summed E-state index contributed by atoms with van der Waals surface area (Å²) in [5, 5.41) is 0. The van der Waals surface area contributed by atoms with E-state index < -0.39 is 0 Å². The Morgan fingerprint density at radius 1 is 1.11 bits per heavy atom. The lowest BCUT2D eigenvalue weighted by Gasteiger charge is -2.53. The first-order chi connectivity index (χ1) is 8.75. The van der Waals surface area contributed by atoms with Crippen LogP contribution in [0.15, 0.2) is 24.3 Å². The van der Waals surface area contributed by atoms with E-state index >= 15 is 0 Å². The molecule has 1 heterocycles. The van der Waals surface area contributed by atoms with Gasteiger partial charge in [-0.25, -0.2) is 0 Å². The Bertz CT molecular complexity index is 453. The average molecular weight is 357 g/mol. The fourth-order valence-electron chi connectivity index (χ4n) is 3.18. The number of hydrogen-bond donors (Lipinski definition) is 0. The zero-order chi connectivity index (χ0) is 12.6. The monoisotopic (exact) mass is 357 g/mol. The summed E-state index contributed by atoms with van der Waals surface area (Å²) in [5.41, 5.74) is 1.15. The van der Waals surface area contributed by atoms with Gasteiger partial charge in [-0.2, -0.15) is 0 Å². The first kappa shape index (κ1) is 12.3. The van der Waals surface area contributed by atoms with Crippen LogP contribution in [0.1, 0.15) is 38.5 Å². The fourth-order valence-corrected chi connectivity index (χ4v) is 3.47. The van der Waals surface area contributed by atoms with Gasteiger partial charge in [-0.1, -0.05) is 0 Å². The molecule has 1 saturated carbocycles. The summed E-state index contributed by atoms with van der Waals surface area (Å²) in [7, 11) is 0. The van der Waals surface area contributed by atoms with E-state index in [9.17, 15) is 4.79 Å². The topological polar surface area (TPSA) is 29.5 Å². The fraction of sp³-hybridized carbons (Fsp3) is 0.500. The zero-order valence-electron chi connectivity index (χ0n) is 10.2. The molecule has 1 aromatic rings. The Kier molecular flexibility index (Phi) is 3.21. The first-order valence-corrected chi connectivity index (χ1v) is 7.35. The third-order valence-corrected chi connectivity index (χ3v) is 4.73. The van der Waals surface area contributed by atoms with E-state index in [1.54, 1.807) is 0 Å². The van der Waals surface area contributed by atoms with Crippen molar-refractivity contribution < 1.29 is 7.86 Å². The summed E-state index contributed by atoms with van der Waals surface area (Å²) in [6.45, 7) is 0. The van der Waals surface area contributed by atoms with Gasteiger partial charge < -0.3 is 7.97 Å². The number of piperidine rings is 1. The Morgan fingerprint density at radius 3 is 2.33 bits per heavy atom. The van der Waals surface area contributed by atoms with Crippen LogP contribution in [0, 0.1) is 0 Å². The molecule has 0 unspecified atom stereocenters.